The molecular weight excluding hydrogens is 306 g/mol. The number of sulfone groups is 1. The number of hydrogen-bond acceptors (Lipinski definition) is 5. The maximum absolute atomic E-state index is 12.7. The first-order chi connectivity index (χ1) is 10.4. The van der Waals surface area contributed by atoms with Crippen molar-refractivity contribution >= 4 is 22.1 Å². The van der Waals surface area contributed by atoms with Crippen molar-refractivity contribution in [3.63, 3.8) is 0 Å². The van der Waals surface area contributed by atoms with Gasteiger partial charge in [-0.15, -0.1) is 0 Å². The Balaban J connectivity index is 2.65. The van der Waals surface area contributed by atoms with Crippen LogP contribution < -0.4 is 0 Å². The van der Waals surface area contributed by atoms with Crippen molar-refractivity contribution in [2.45, 2.75) is 23.6 Å². The van der Waals surface area contributed by atoms with Crippen molar-refractivity contribution < 1.29 is 22.7 Å². The quantitative estimate of drug-likeness (QED) is 0.672. The second kappa shape index (κ2) is 6.15. The number of aldehydes is 1. The Morgan fingerprint density at radius 2 is 1.91 bits per heavy atom. The fourth-order valence-corrected chi connectivity index (χ4v) is 3.80. The Morgan fingerprint density at radius 1 is 1.27 bits per heavy atom. The number of hydrogen-bond donors (Lipinski definition) is 1. The average molecular weight is 321 g/mol. The van der Waals surface area contributed by atoms with Crippen molar-refractivity contribution in [1.29, 1.82) is 0 Å². The first-order valence-corrected chi connectivity index (χ1v) is 8.06. The largest absolute Gasteiger partial charge is 0.461 e. The summed E-state index contributed by atoms with van der Waals surface area (Å²) in [4.78, 5) is 25.4. The summed E-state index contributed by atoms with van der Waals surface area (Å²) >= 11 is 0. The molecule has 0 radical (unpaired) electrons. The van der Waals surface area contributed by atoms with Crippen LogP contribution in [0.4, 0.5) is 0 Å². The number of esters is 1. The fraction of sp³-hybridized carbons (Fsp3) is 0.200. The Bertz CT molecular complexity index is 806. The van der Waals surface area contributed by atoms with Gasteiger partial charge < -0.3 is 9.72 Å². The second-order valence-electron chi connectivity index (χ2n) is 4.52. The van der Waals surface area contributed by atoms with Crippen LogP contribution >= 0.6 is 0 Å². The molecule has 0 saturated carbocycles. The van der Waals surface area contributed by atoms with E-state index in [1.54, 1.807) is 25.1 Å². The van der Waals surface area contributed by atoms with Crippen LogP contribution in [0.5, 0.6) is 0 Å². The van der Waals surface area contributed by atoms with Gasteiger partial charge in [0.15, 0.2) is 6.29 Å². The van der Waals surface area contributed by atoms with E-state index in [4.69, 9.17) is 4.74 Å². The molecule has 2 rings (SSSR count). The van der Waals surface area contributed by atoms with Gasteiger partial charge in [-0.2, -0.15) is 0 Å². The van der Waals surface area contributed by atoms with Crippen molar-refractivity contribution in [3.8, 4) is 0 Å². The normalized spacial score (nSPS) is 11.2. The highest BCUT2D eigenvalue weighted by Gasteiger charge is 2.29. The molecule has 0 saturated heterocycles. The zero-order chi connectivity index (χ0) is 16.3. The smallest absolute Gasteiger partial charge is 0.355 e. The molecule has 0 unspecified atom stereocenters. The van der Waals surface area contributed by atoms with Crippen molar-refractivity contribution in [3.05, 3.63) is 47.3 Å². The minimum Gasteiger partial charge on any atom is -0.461 e. The summed E-state index contributed by atoms with van der Waals surface area (Å²) in [6.45, 7) is 3.25. The first-order valence-electron chi connectivity index (χ1n) is 6.58. The number of ether oxygens (including phenoxy) is 1. The third-order valence-electron chi connectivity index (χ3n) is 3.14. The van der Waals surface area contributed by atoms with Crippen LogP contribution in [0.3, 0.4) is 0 Å². The lowest BCUT2D eigenvalue weighted by Crippen LogP contribution is -2.08. The molecule has 0 amide bonds. The van der Waals surface area contributed by atoms with E-state index < -0.39 is 15.8 Å². The molecule has 6 nitrogen and oxygen atoms in total. The zero-order valence-electron chi connectivity index (χ0n) is 12.1. The maximum Gasteiger partial charge on any atom is 0.355 e. The predicted octanol–water partition coefficient (Wildman–Crippen LogP) is 2.15. The van der Waals surface area contributed by atoms with Gasteiger partial charge >= 0.3 is 5.97 Å². The highest BCUT2D eigenvalue weighted by Crippen LogP contribution is 2.29. The number of aromatic amines is 1. The van der Waals surface area contributed by atoms with Crippen LogP contribution in [0.25, 0.3) is 0 Å². The molecule has 0 aliphatic carbocycles. The SMILES string of the molecule is CCOC(=O)c1[nH]c(C=O)c(S(=O)(=O)c2ccccc2)c1C. The number of rotatable bonds is 5. The van der Waals surface area contributed by atoms with Gasteiger partial charge in [-0.3, -0.25) is 4.79 Å². The molecule has 1 aromatic heterocycles. The molecule has 0 atom stereocenters. The van der Waals surface area contributed by atoms with Crippen molar-refractivity contribution in [1.82, 2.24) is 4.98 Å². The van der Waals surface area contributed by atoms with Gasteiger partial charge in [-0.05, 0) is 26.0 Å². The minimum absolute atomic E-state index is 0.0292. The summed E-state index contributed by atoms with van der Waals surface area (Å²) in [5.41, 5.74) is -0.0211. The van der Waals surface area contributed by atoms with E-state index in [1.165, 1.54) is 19.1 Å². The number of carbonyl (C=O) groups is 2. The summed E-state index contributed by atoms with van der Waals surface area (Å²) in [6, 6.07) is 7.72. The number of carbonyl (C=O) groups excluding carboxylic acids is 2. The second-order valence-corrected chi connectivity index (χ2v) is 6.41. The van der Waals surface area contributed by atoms with E-state index in [0.29, 0.717) is 6.29 Å². The summed E-state index contributed by atoms with van der Waals surface area (Å²) in [6.07, 6.45) is 0.381. The summed E-state index contributed by atoms with van der Waals surface area (Å²) < 4.78 is 30.3. The number of benzene rings is 1. The molecule has 1 N–H and O–H groups in total. The molecule has 0 bridgehead atoms. The Labute approximate surface area is 128 Å². The van der Waals surface area contributed by atoms with E-state index in [-0.39, 0.29) is 33.3 Å². The lowest BCUT2D eigenvalue weighted by molar-refractivity contribution is 0.0519. The molecule has 0 aliphatic rings. The number of nitrogens with one attached hydrogen (secondary N) is 1. The van der Waals surface area contributed by atoms with Crippen molar-refractivity contribution in [2.24, 2.45) is 0 Å². The molecular formula is C15H15NO5S. The van der Waals surface area contributed by atoms with Gasteiger partial charge in [0.2, 0.25) is 9.84 Å². The first kappa shape index (κ1) is 16.0. The fourth-order valence-electron chi connectivity index (χ4n) is 2.15. The lowest BCUT2D eigenvalue weighted by Gasteiger charge is -2.05. The number of H-pyrrole nitrogens is 1. The van der Waals surface area contributed by atoms with Gasteiger partial charge in [0.05, 0.1) is 17.2 Å². The van der Waals surface area contributed by atoms with E-state index in [2.05, 4.69) is 4.98 Å². The van der Waals surface area contributed by atoms with Crippen LogP contribution in [-0.4, -0.2) is 32.3 Å². The minimum atomic E-state index is -3.91. The summed E-state index contributed by atoms with van der Waals surface area (Å²) in [7, 11) is -3.91. The van der Waals surface area contributed by atoms with Gasteiger partial charge in [0.25, 0.3) is 0 Å². The predicted molar refractivity (Wildman–Crippen MR) is 78.8 cm³/mol. The Kier molecular flexibility index (Phi) is 4.46. The Hall–Kier alpha value is -2.41. The van der Waals surface area contributed by atoms with Crippen LogP contribution in [0.15, 0.2) is 40.1 Å². The molecule has 0 spiro atoms. The zero-order valence-corrected chi connectivity index (χ0v) is 12.9. The summed E-state index contributed by atoms with van der Waals surface area (Å²) in [5, 5.41) is 0. The summed E-state index contributed by atoms with van der Waals surface area (Å²) in [5.74, 6) is -0.697. The Morgan fingerprint density at radius 3 is 2.45 bits per heavy atom. The van der Waals surface area contributed by atoms with Gasteiger partial charge in [-0.1, -0.05) is 18.2 Å². The molecule has 0 fully saturated rings. The highest BCUT2D eigenvalue weighted by molar-refractivity contribution is 7.91. The van der Waals surface area contributed by atoms with E-state index in [1.807, 2.05) is 0 Å². The molecule has 1 aromatic carbocycles. The van der Waals surface area contributed by atoms with E-state index in [9.17, 15) is 18.0 Å². The maximum atomic E-state index is 12.7. The molecule has 0 aliphatic heterocycles. The molecule has 1 heterocycles. The lowest BCUT2D eigenvalue weighted by atomic mass is 10.2. The monoisotopic (exact) mass is 321 g/mol. The van der Waals surface area contributed by atoms with Crippen LogP contribution in [0.2, 0.25) is 0 Å². The van der Waals surface area contributed by atoms with Crippen LogP contribution in [0.1, 0.15) is 33.5 Å². The van der Waals surface area contributed by atoms with E-state index >= 15 is 0 Å². The number of aromatic nitrogens is 1. The molecule has 2 aromatic rings. The van der Waals surface area contributed by atoms with Gasteiger partial charge in [-0.25, -0.2) is 13.2 Å². The average Bonchev–Trinajstić information content (AvgIpc) is 2.86. The van der Waals surface area contributed by atoms with Gasteiger partial charge in [0, 0.05) is 5.56 Å². The van der Waals surface area contributed by atoms with Gasteiger partial charge in [0.1, 0.15) is 10.6 Å². The van der Waals surface area contributed by atoms with E-state index in [0.717, 1.165) is 0 Å². The molecule has 7 heteroatoms. The van der Waals surface area contributed by atoms with Crippen LogP contribution in [0, 0.1) is 6.92 Å². The third kappa shape index (κ3) is 2.67. The third-order valence-corrected chi connectivity index (χ3v) is 5.10. The topological polar surface area (TPSA) is 93.3 Å². The molecule has 22 heavy (non-hydrogen) atoms. The van der Waals surface area contributed by atoms with Crippen molar-refractivity contribution in [2.75, 3.05) is 6.61 Å². The standard InChI is InChI=1S/C15H15NO5S/c1-3-21-15(18)13-10(2)14(12(9-17)16-13)22(19,20)11-7-5-4-6-8-11/h4-9,16H,3H2,1-2H3. The van der Waals surface area contributed by atoms with Crippen LogP contribution in [-0.2, 0) is 14.6 Å². The molecule has 116 valence electrons. The highest BCUT2D eigenvalue weighted by atomic mass is 32.2.